The number of halogens is 1. The fourth-order valence-corrected chi connectivity index (χ4v) is 4.06. The molecule has 1 aromatic heterocycles. The molecule has 0 radical (unpaired) electrons. The summed E-state index contributed by atoms with van der Waals surface area (Å²) in [4.78, 5) is 47.1. The van der Waals surface area contributed by atoms with E-state index in [0.29, 0.717) is 17.4 Å². The number of rotatable bonds is 3. The minimum Gasteiger partial charge on any atom is -0.342 e. The quantitative estimate of drug-likeness (QED) is 0.717. The third kappa shape index (κ3) is 3.92. The number of hydrogen-bond donors (Lipinski definition) is 3. The first kappa shape index (κ1) is 20.1. The van der Waals surface area contributed by atoms with E-state index in [0.717, 1.165) is 25.9 Å². The Morgan fingerprint density at radius 3 is 2.87 bits per heavy atom. The summed E-state index contributed by atoms with van der Waals surface area (Å²) >= 11 is 0. The molecular weight excluding hydrogens is 389 g/mol. The lowest BCUT2D eigenvalue weighted by Gasteiger charge is -2.32. The van der Waals surface area contributed by atoms with Gasteiger partial charge >= 0.3 is 0 Å². The molecule has 1 fully saturated rings. The summed E-state index contributed by atoms with van der Waals surface area (Å²) in [6.45, 7) is 5.39. The molecule has 4 rings (SSSR count). The topological polar surface area (TPSA) is 107 Å². The molecule has 158 valence electrons. The number of carbonyl (C=O) groups excluding carboxylic acids is 2. The molecule has 8 nitrogen and oxygen atoms in total. The van der Waals surface area contributed by atoms with Crippen LogP contribution in [0.1, 0.15) is 43.2 Å². The number of piperidine rings is 1. The Morgan fingerprint density at radius 1 is 1.33 bits per heavy atom. The highest BCUT2D eigenvalue weighted by Gasteiger charge is 2.35. The fourth-order valence-electron chi connectivity index (χ4n) is 4.06. The lowest BCUT2D eigenvalue weighted by molar-refractivity contribution is -0.123. The number of nitrogens with one attached hydrogen (secondary N) is 3. The summed E-state index contributed by atoms with van der Waals surface area (Å²) in [5.74, 6) is -1.73. The maximum absolute atomic E-state index is 14.1. The number of H-pyrrole nitrogens is 1. The third-order valence-corrected chi connectivity index (χ3v) is 5.59. The molecule has 30 heavy (non-hydrogen) atoms. The summed E-state index contributed by atoms with van der Waals surface area (Å²) in [7, 11) is 0. The van der Waals surface area contributed by atoms with Gasteiger partial charge in [-0.1, -0.05) is 13.0 Å². The summed E-state index contributed by atoms with van der Waals surface area (Å²) < 4.78 is 14.1. The molecule has 2 amide bonds. The molecule has 3 heterocycles. The second-order valence-electron chi connectivity index (χ2n) is 8.12. The summed E-state index contributed by atoms with van der Waals surface area (Å²) in [6, 6.07) is 4.42. The van der Waals surface area contributed by atoms with Crippen LogP contribution in [0.3, 0.4) is 0 Å². The smallest absolute Gasteiger partial charge is 0.258 e. The first-order valence-electron chi connectivity index (χ1n) is 10.1. The van der Waals surface area contributed by atoms with Crippen molar-refractivity contribution < 1.29 is 14.0 Å². The molecule has 2 aromatic rings. The highest BCUT2D eigenvalue weighted by Crippen LogP contribution is 2.31. The lowest BCUT2D eigenvalue weighted by atomic mass is 9.92. The Balaban J connectivity index is 1.65. The second kappa shape index (κ2) is 7.89. The molecule has 1 saturated heterocycles. The highest BCUT2D eigenvalue weighted by atomic mass is 19.1. The van der Waals surface area contributed by atoms with Gasteiger partial charge in [-0.25, -0.2) is 4.39 Å². The van der Waals surface area contributed by atoms with Crippen molar-refractivity contribution in [2.24, 2.45) is 5.92 Å². The van der Waals surface area contributed by atoms with E-state index in [9.17, 15) is 18.8 Å². The van der Waals surface area contributed by atoms with E-state index in [4.69, 9.17) is 0 Å². The number of aromatic nitrogens is 2. The van der Waals surface area contributed by atoms with Crippen LogP contribution in [0.4, 0.5) is 21.8 Å². The first-order valence-corrected chi connectivity index (χ1v) is 10.1. The summed E-state index contributed by atoms with van der Waals surface area (Å²) in [6.07, 6.45) is 1.89. The maximum Gasteiger partial charge on any atom is 0.258 e. The Morgan fingerprint density at radius 2 is 2.13 bits per heavy atom. The third-order valence-electron chi connectivity index (χ3n) is 5.59. The van der Waals surface area contributed by atoms with E-state index in [1.807, 2.05) is 4.90 Å². The number of aryl methyl sites for hydroxylation is 1. The molecule has 0 aliphatic carbocycles. The van der Waals surface area contributed by atoms with Gasteiger partial charge in [-0.2, -0.15) is 4.98 Å². The van der Waals surface area contributed by atoms with Crippen LogP contribution < -0.4 is 21.1 Å². The van der Waals surface area contributed by atoms with E-state index in [2.05, 4.69) is 27.5 Å². The van der Waals surface area contributed by atoms with Crippen LogP contribution in [0.2, 0.25) is 0 Å². The monoisotopic (exact) mass is 413 g/mol. The highest BCUT2D eigenvalue weighted by molar-refractivity contribution is 6.04. The van der Waals surface area contributed by atoms with Gasteiger partial charge in [-0.15, -0.1) is 0 Å². The first-order chi connectivity index (χ1) is 14.3. The zero-order chi connectivity index (χ0) is 21.4. The largest absolute Gasteiger partial charge is 0.342 e. The van der Waals surface area contributed by atoms with Crippen LogP contribution in [-0.4, -0.2) is 34.9 Å². The van der Waals surface area contributed by atoms with E-state index in [1.54, 1.807) is 13.0 Å². The molecule has 1 aromatic carbocycles. The van der Waals surface area contributed by atoms with Crippen molar-refractivity contribution in [3.8, 4) is 0 Å². The predicted molar refractivity (Wildman–Crippen MR) is 111 cm³/mol. The SMILES string of the molecule is Cc1ccc(NC(=O)[C@@H]2CC(=O)Nc3nc(N4CCC[C@H](C)C4)[nH]c(=O)c32)c(F)c1. The number of carbonyl (C=O) groups is 2. The minimum absolute atomic E-state index is 0.00134. The second-order valence-corrected chi connectivity index (χ2v) is 8.12. The molecule has 9 heteroatoms. The van der Waals surface area contributed by atoms with Gasteiger partial charge in [0, 0.05) is 19.5 Å². The van der Waals surface area contributed by atoms with Gasteiger partial charge in [0.15, 0.2) is 0 Å². The molecule has 2 aliphatic heterocycles. The standard InChI is InChI=1S/C21H24FN5O3/c1-11-5-6-15(14(22)8-11)23-19(29)13-9-16(28)24-18-17(13)20(30)26-21(25-18)27-7-3-4-12(2)10-27/h5-6,8,12-13H,3-4,7,9-10H2,1-2H3,(H,23,29)(H2,24,25,26,28,30)/t12-,13+/m0/s1. The van der Waals surface area contributed by atoms with Crippen LogP contribution in [0.25, 0.3) is 0 Å². The van der Waals surface area contributed by atoms with Gasteiger partial charge in [0.25, 0.3) is 5.56 Å². The van der Waals surface area contributed by atoms with Crippen molar-refractivity contribution >= 4 is 29.3 Å². The van der Waals surface area contributed by atoms with Gasteiger partial charge in [0.05, 0.1) is 17.2 Å². The molecule has 0 bridgehead atoms. The zero-order valence-corrected chi connectivity index (χ0v) is 16.9. The van der Waals surface area contributed by atoms with Gasteiger partial charge in [0.1, 0.15) is 11.6 Å². The number of anilines is 3. The van der Waals surface area contributed by atoms with Crippen molar-refractivity contribution in [3.05, 3.63) is 45.5 Å². The van der Waals surface area contributed by atoms with Crippen LogP contribution >= 0.6 is 0 Å². The number of aromatic amines is 1. The number of hydrogen-bond acceptors (Lipinski definition) is 5. The molecular formula is C21H24FN5O3. The number of benzene rings is 1. The van der Waals surface area contributed by atoms with E-state index in [1.165, 1.54) is 12.1 Å². The van der Waals surface area contributed by atoms with E-state index in [-0.39, 0.29) is 23.5 Å². The Hall–Kier alpha value is -3.23. The van der Waals surface area contributed by atoms with Gasteiger partial charge in [0.2, 0.25) is 17.8 Å². The average Bonchev–Trinajstić information content (AvgIpc) is 2.69. The predicted octanol–water partition coefficient (Wildman–Crippen LogP) is 2.52. The Kier molecular flexibility index (Phi) is 5.27. The minimum atomic E-state index is -1.06. The van der Waals surface area contributed by atoms with Crippen LogP contribution in [-0.2, 0) is 9.59 Å². The van der Waals surface area contributed by atoms with Crippen LogP contribution in [0.15, 0.2) is 23.0 Å². The van der Waals surface area contributed by atoms with Crippen molar-refractivity contribution in [1.82, 2.24) is 9.97 Å². The average molecular weight is 413 g/mol. The van der Waals surface area contributed by atoms with Crippen LogP contribution in [0, 0.1) is 18.7 Å². The zero-order valence-electron chi connectivity index (χ0n) is 16.9. The normalized spacial score (nSPS) is 21.0. The van der Waals surface area contributed by atoms with Crippen molar-refractivity contribution in [2.75, 3.05) is 28.6 Å². The Labute approximate surface area is 172 Å². The van der Waals surface area contributed by atoms with Gasteiger partial charge in [-0.3, -0.25) is 19.4 Å². The number of fused-ring (bicyclic) bond motifs is 1. The van der Waals surface area contributed by atoms with Crippen molar-refractivity contribution in [2.45, 2.75) is 39.0 Å². The molecule has 2 aliphatic rings. The van der Waals surface area contributed by atoms with Crippen LogP contribution in [0.5, 0.6) is 0 Å². The maximum atomic E-state index is 14.1. The Bertz CT molecular complexity index is 1070. The molecule has 0 spiro atoms. The fraction of sp³-hybridized carbons (Fsp3) is 0.429. The summed E-state index contributed by atoms with van der Waals surface area (Å²) in [5.41, 5.74) is 0.334. The number of nitrogens with zero attached hydrogens (tertiary/aromatic N) is 2. The van der Waals surface area contributed by atoms with E-state index >= 15 is 0 Å². The van der Waals surface area contributed by atoms with Crippen molar-refractivity contribution in [1.29, 1.82) is 0 Å². The van der Waals surface area contributed by atoms with Crippen molar-refractivity contribution in [3.63, 3.8) is 0 Å². The lowest BCUT2D eigenvalue weighted by Crippen LogP contribution is -2.40. The summed E-state index contributed by atoms with van der Waals surface area (Å²) in [5, 5.41) is 5.10. The molecule has 0 unspecified atom stereocenters. The van der Waals surface area contributed by atoms with Gasteiger partial charge < -0.3 is 15.5 Å². The van der Waals surface area contributed by atoms with E-state index < -0.39 is 29.1 Å². The molecule has 0 saturated carbocycles. The molecule has 3 N–H and O–H groups in total. The number of amides is 2. The molecule has 2 atom stereocenters. The van der Waals surface area contributed by atoms with Gasteiger partial charge in [-0.05, 0) is 43.4 Å².